The number of carbonyl (C=O) groups is 1. The van der Waals surface area contributed by atoms with Crippen molar-refractivity contribution in [2.45, 2.75) is 38.5 Å². The average molecular weight is 288 g/mol. The third kappa shape index (κ3) is 2.37. The minimum atomic E-state index is 0.157. The SMILES string of the molecule is O=C(c1n[nH]c2c1CCC2)N1CCCC(C2CCNC2)C1. The third-order valence-electron chi connectivity index (χ3n) is 5.52. The van der Waals surface area contributed by atoms with Crippen LogP contribution in [0.2, 0.25) is 0 Å². The number of H-pyrrole nitrogens is 1. The molecule has 2 saturated heterocycles. The van der Waals surface area contributed by atoms with Gasteiger partial charge in [-0.2, -0.15) is 5.10 Å². The Morgan fingerprint density at radius 1 is 1.19 bits per heavy atom. The highest BCUT2D eigenvalue weighted by atomic mass is 16.2. The first kappa shape index (κ1) is 13.3. The number of hydrogen-bond donors (Lipinski definition) is 2. The second-order valence-corrected chi connectivity index (χ2v) is 6.79. The summed E-state index contributed by atoms with van der Waals surface area (Å²) in [5.41, 5.74) is 3.07. The maximum absolute atomic E-state index is 12.8. The number of aromatic nitrogens is 2. The molecule has 2 fully saturated rings. The van der Waals surface area contributed by atoms with Gasteiger partial charge in [0.15, 0.2) is 5.69 Å². The minimum Gasteiger partial charge on any atom is -0.337 e. The van der Waals surface area contributed by atoms with E-state index >= 15 is 0 Å². The van der Waals surface area contributed by atoms with Gasteiger partial charge >= 0.3 is 0 Å². The Morgan fingerprint density at radius 3 is 3.00 bits per heavy atom. The number of fused-ring (bicyclic) bond motifs is 1. The Balaban J connectivity index is 1.48. The van der Waals surface area contributed by atoms with Crippen LogP contribution in [0, 0.1) is 11.8 Å². The Labute approximate surface area is 125 Å². The summed E-state index contributed by atoms with van der Waals surface area (Å²) in [6.45, 7) is 4.09. The van der Waals surface area contributed by atoms with E-state index in [9.17, 15) is 4.79 Å². The first-order valence-corrected chi connectivity index (χ1v) is 8.39. The predicted molar refractivity (Wildman–Crippen MR) is 80.2 cm³/mol. The lowest BCUT2D eigenvalue weighted by Crippen LogP contribution is -2.42. The molecule has 0 radical (unpaired) electrons. The van der Waals surface area contributed by atoms with Crippen LogP contribution in [0.3, 0.4) is 0 Å². The van der Waals surface area contributed by atoms with E-state index in [2.05, 4.69) is 20.4 Å². The lowest BCUT2D eigenvalue weighted by atomic mass is 9.85. The zero-order valence-corrected chi connectivity index (χ0v) is 12.5. The van der Waals surface area contributed by atoms with Crippen LogP contribution in [0.1, 0.15) is 47.4 Å². The molecule has 2 N–H and O–H groups in total. The minimum absolute atomic E-state index is 0.157. The van der Waals surface area contributed by atoms with Gasteiger partial charge in [0.1, 0.15) is 0 Å². The summed E-state index contributed by atoms with van der Waals surface area (Å²) in [4.78, 5) is 14.9. The predicted octanol–water partition coefficient (Wildman–Crippen LogP) is 1.36. The fourth-order valence-corrected chi connectivity index (χ4v) is 4.30. The van der Waals surface area contributed by atoms with Crippen LogP contribution < -0.4 is 5.32 Å². The van der Waals surface area contributed by atoms with Gasteiger partial charge in [0.2, 0.25) is 0 Å². The highest BCUT2D eigenvalue weighted by Crippen LogP contribution is 2.30. The van der Waals surface area contributed by atoms with Crippen molar-refractivity contribution in [3.05, 3.63) is 17.0 Å². The second-order valence-electron chi connectivity index (χ2n) is 6.79. The molecule has 4 rings (SSSR count). The molecule has 5 heteroatoms. The van der Waals surface area contributed by atoms with Crippen molar-refractivity contribution in [2.75, 3.05) is 26.2 Å². The van der Waals surface area contributed by atoms with Crippen molar-refractivity contribution in [2.24, 2.45) is 11.8 Å². The standard InChI is InChI=1S/C16H24N4O/c21-16(15-13-4-1-5-14(13)18-19-15)20-8-2-3-12(10-20)11-6-7-17-9-11/h11-12,17H,1-10H2,(H,18,19). The summed E-state index contributed by atoms with van der Waals surface area (Å²) in [5, 5.41) is 10.8. The summed E-state index contributed by atoms with van der Waals surface area (Å²) in [7, 11) is 0. The summed E-state index contributed by atoms with van der Waals surface area (Å²) in [6.07, 6.45) is 6.89. The molecule has 5 nitrogen and oxygen atoms in total. The zero-order valence-electron chi connectivity index (χ0n) is 12.5. The van der Waals surface area contributed by atoms with Crippen LogP contribution in [0.5, 0.6) is 0 Å². The molecule has 114 valence electrons. The molecule has 0 aromatic carbocycles. The Bertz CT molecular complexity index is 532. The van der Waals surface area contributed by atoms with Crippen molar-refractivity contribution in [3.8, 4) is 0 Å². The van der Waals surface area contributed by atoms with Gasteiger partial charge < -0.3 is 10.2 Å². The van der Waals surface area contributed by atoms with E-state index in [-0.39, 0.29) is 5.91 Å². The maximum Gasteiger partial charge on any atom is 0.274 e. The van der Waals surface area contributed by atoms with Crippen molar-refractivity contribution >= 4 is 5.91 Å². The first-order valence-electron chi connectivity index (χ1n) is 8.39. The number of rotatable bonds is 2. The van der Waals surface area contributed by atoms with Crippen LogP contribution in [0.25, 0.3) is 0 Å². The molecule has 2 aliphatic heterocycles. The van der Waals surface area contributed by atoms with Crippen LogP contribution in [-0.4, -0.2) is 47.2 Å². The molecule has 2 atom stereocenters. The van der Waals surface area contributed by atoms with E-state index in [1.165, 1.54) is 24.1 Å². The lowest BCUT2D eigenvalue weighted by molar-refractivity contribution is 0.0627. The number of aryl methyl sites for hydroxylation is 1. The molecule has 0 saturated carbocycles. The molecule has 1 aromatic rings. The number of amides is 1. The molecular weight excluding hydrogens is 264 g/mol. The highest BCUT2D eigenvalue weighted by molar-refractivity contribution is 5.94. The zero-order chi connectivity index (χ0) is 14.2. The molecule has 1 aromatic heterocycles. The normalized spacial score (nSPS) is 28.9. The molecule has 1 aliphatic carbocycles. The fraction of sp³-hybridized carbons (Fsp3) is 0.750. The molecular formula is C16H24N4O. The first-order chi connectivity index (χ1) is 10.3. The van der Waals surface area contributed by atoms with Crippen LogP contribution in [-0.2, 0) is 12.8 Å². The smallest absolute Gasteiger partial charge is 0.274 e. The van der Waals surface area contributed by atoms with Crippen LogP contribution in [0.15, 0.2) is 0 Å². The molecule has 1 amide bonds. The Hall–Kier alpha value is -1.36. The molecule has 0 spiro atoms. The molecule has 2 unspecified atom stereocenters. The number of aromatic amines is 1. The van der Waals surface area contributed by atoms with Crippen molar-refractivity contribution < 1.29 is 4.79 Å². The van der Waals surface area contributed by atoms with Crippen molar-refractivity contribution in [3.63, 3.8) is 0 Å². The number of piperidine rings is 1. The van der Waals surface area contributed by atoms with Gasteiger partial charge in [-0.05, 0) is 63.5 Å². The Morgan fingerprint density at radius 2 is 2.14 bits per heavy atom. The number of nitrogens with one attached hydrogen (secondary N) is 2. The van der Waals surface area contributed by atoms with Crippen molar-refractivity contribution in [1.82, 2.24) is 20.4 Å². The van der Waals surface area contributed by atoms with E-state index in [0.29, 0.717) is 11.6 Å². The van der Waals surface area contributed by atoms with Gasteiger partial charge in [-0.1, -0.05) is 0 Å². The molecule has 21 heavy (non-hydrogen) atoms. The van der Waals surface area contributed by atoms with E-state index in [1.54, 1.807) is 0 Å². The maximum atomic E-state index is 12.8. The summed E-state index contributed by atoms with van der Waals surface area (Å²) in [5.74, 6) is 1.58. The number of nitrogens with zero attached hydrogens (tertiary/aromatic N) is 2. The molecule has 3 aliphatic rings. The number of likely N-dealkylation sites (tertiary alicyclic amines) is 1. The quantitative estimate of drug-likeness (QED) is 0.864. The van der Waals surface area contributed by atoms with Gasteiger partial charge in [0.05, 0.1) is 0 Å². The van der Waals surface area contributed by atoms with Crippen LogP contribution in [0.4, 0.5) is 0 Å². The largest absolute Gasteiger partial charge is 0.337 e. The lowest BCUT2D eigenvalue weighted by Gasteiger charge is -2.35. The second kappa shape index (κ2) is 5.44. The monoisotopic (exact) mass is 288 g/mol. The average Bonchev–Trinajstić information content (AvgIpc) is 3.23. The summed E-state index contributed by atoms with van der Waals surface area (Å²) < 4.78 is 0. The summed E-state index contributed by atoms with van der Waals surface area (Å²) >= 11 is 0. The molecule has 0 bridgehead atoms. The third-order valence-corrected chi connectivity index (χ3v) is 5.52. The number of hydrogen-bond acceptors (Lipinski definition) is 3. The van der Waals surface area contributed by atoms with Gasteiger partial charge in [0, 0.05) is 24.3 Å². The molecule has 3 heterocycles. The van der Waals surface area contributed by atoms with E-state index < -0.39 is 0 Å². The fourth-order valence-electron chi connectivity index (χ4n) is 4.30. The van der Waals surface area contributed by atoms with E-state index in [4.69, 9.17) is 0 Å². The van der Waals surface area contributed by atoms with Gasteiger partial charge in [-0.15, -0.1) is 0 Å². The van der Waals surface area contributed by atoms with Crippen LogP contribution >= 0.6 is 0 Å². The van der Waals surface area contributed by atoms with Gasteiger partial charge in [-0.25, -0.2) is 0 Å². The van der Waals surface area contributed by atoms with E-state index in [0.717, 1.165) is 57.8 Å². The van der Waals surface area contributed by atoms with Crippen molar-refractivity contribution in [1.29, 1.82) is 0 Å². The topological polar surface area (TPSA) is 61.0 Å². The van der Waals surface area contributed by atoms with E-state index in [1.807, 2.05) is 0 Å². The summed E-state index contributed by atoms with van der Waals surface area (Å²) in [6, 6.07) is 0. The van der Waals surface area contributed by atoms with Gasteiger partial charge in [0.25, 0.3) is 5.91 Å². The van der Waals surface area contributed by atoms with Gasteiger partial charge in [-0.3, -0.25) is 9.89 Å². The highest BCUT2D eigenvalue weighted by Gasteiger charge is 2.33. The Kier molecular flexibility index (Phi) is 3.45. The number of carbonyl (C=O) groups excluding carboxylic acids is 1.